The first kappa shape index (κ1) is 10.1. The van der Waals surface area contributed by atoms with E-state index in [1.165, 1.54) is 0 Å². The zero-order chi connectivity index (χ0) is 10.0. The molecule has 0 aliphatic carbocycles. The highest BCUT2D eigenvalue weighted by Crippen LogP contribution is 2.25. The van der Waals surface area contributed by atoms with E-state index in [4.69, 9.17) is 5.73 Å². The van der Waals surface area contributed by atoms with Crippen LogP contribution in [0.5, 0.6) is 5.88 Å². The van der Waals surface area contributed by atoms with Crippen LogP contribution in [-0.4, -0.2) is 11.6 Å². The van der Waals surface area contributed by atoms with Crippen molar-refractivity contribution in [2.24, 2.45) is 0 Å². The maximum atomic E-state index is 12.7. The second kappa shape index (κ2) is 3.82. The lowest BCUT2D eigenvalue weighted by Gasteiger charge is -2.06. The number of nitrogens with zero attached hydrogens (tertiary/aromatic N) is 1. The fraction of sp³-hybridized carbons (Fsp3) is 0.167. The molecular weight excluding hydrogens is 253 g/mol. The van der Waals surface area contributed by atoms with Gasteiger partial charge in [-0.15, -0.1) is 0 Å². The first-order valence-electron chi connectivity index (χ1n) is 3.07. The van der Waals surface area contributed by atoms with Crippen molar-refractivity contribution < 1.29 is 17.9 Å². The SMILES string of the molecule is Nc1cc(F)c(Br)nc1OC(F)F. The van der Waals surface area contributed by atoms with Crippen molar-refractivity contribution in [3.05, 3.63) is 16.5 Å². The van der Waals surface area contributed by atoms with Gasteiger partial charge in [0.1, 0.15) is 4.60 Å². The fourth-order valence-corrected chi connectivity index (χ4v) is 0.919. The molecule has 0 saturated carbocycles. The average molecular weight is 257 g/mol. The molecule has 1 rings (SSSR count). The number of anilines is 1. The van der Waals surface area contributed by atoms with Crippen molar-refractivity contribution in [1.29, 1.82) is 0 Å². The van der Waals surface area contributed by atoms with Crippen LogP contribution in [0.4, 0.5) is 18.9 Å². The van der Waals surface area contributed by atoms with Crippen LogP contribution in [0.2, 0.25) is 0 Å². The van der Waals surface area contributed by atoms with Crippen LogP contribution in [-0.2, 0) is 0 Å². The van der Waals surface area contributed by atoms with E-state index < -0.39 is 18.3 Å². The van der Waals surface area contributed by atoms with E-state index >= 15 is 0 Å². The van der Waals surface area contributed by atoms with E-state index in [1.807, 2.05) is 0 Å². The largest absolute Gasteiger partial charge is 0.415 e. The molecule has 0 atom stereocenters. The molecular formula is C6H4BrF3N2O. The van der Waals surface area contributed by atoms with Gasteiger partial charge in [0.2, 0.25) is 5.88 Å². The summed E-state index contributed by atoms with van der Waals surface area (Å²) in [6.07, 6.45) is 0. The van der Waals surface area contributed by atoms with Gasteiger partial charge in [0, 0.05) is 6.07 Å². The van der Waals surface area contributed by atoms with Crippen LogP contribution in [0.15, 0.2) is 10.7 Å². The molecule has 0 unspecified atom stereocenters. The van der Waals surface area contributed by atoms with E-state index in [0.29, 0.717) is 0 Å². The van der Waals surface area contributed by atoms with Crippen LogP contribution in [0, 0.1) is 5.82 Å². The summed E-state index contributed by atoms with van der Waals surface area (Å²) in [6, 6.07) is 0.842. The molecule has 0 bridgehead atoms. The Labute approximate surface area is 79.8 Å². The summed E-state index contributed by atoms with van der Waals surface area (Å²) in [6.45, 7) is -3.04. The van der Waals surface area contributed by atoms with Gasteiger partial charge in [0.05, 0.1) is 5.69 Å². The monoisotopic (exact) mass is 256 g/mol. The Hall–Kier alpha value is -0.980. The smallest absolute Gasteiger partial charge is 0.388 e. The number of nitrogen functional groups attached to an aromatic ring is 1. The topological polar surface area (TPSA) is 48.1 Å². The molecule has 0 aliphatic rings. The minimum atomic E-state index is -3.04. The van der Waals surface area contributed by atoms with Crippen LogP contribution in [0.25, 0.3) is 0 Å². The summed E-state index contributed by atoms with van der Waals surface area (Å²) in [4.78, 5) is 3.33. The predicted molar refractivity (Wildman–Crippen MR) is 42.9 cm³/mol. The van der Waals surface area contributed by atoms with Crippen molar-refractivity contribution in [1.82, 2.24) is 4.98 Å². The lowest BCUT2D eigenvalue weighted by Crippen LogP contribution is -2.07. The van der Waals surface area contributed by atoms with Gasteiger partial charge in [-0.1, -0.05) is 0 Å². The molecule has 0 saturated heterocycles. The summed E-state index contributed by atoms with van der Waals surface area (Å²) in [5, 5.41) is 0. The minimum Gasteiger partial charge on any atom is -0.415 e. The molecule has 2 N–H and O–H groups in total. The Morgan fingerprint density at radius 3 is 2.69 bits per heavy atom. The van der Waals surface area contributed by atoms with Crippen molar-refractivity contribution >= 4 is 21.6 Å². The third-order valence-electron chi connectivity index (χ3n) is 1.13. The normalized spacial score (nSPS) is 10.5. The van der Waals surface area contributed by atoms with Crippen molar-refractivity contribution in [3.8, 4) is 5.88 Å². The van der Waals surface area contributed by atoms with Crippen LogP contribution < -0.4 is 10.5 Å². The molecule has 0 aromatic carbocycles. The van der Waals surface area contributed by atoms with E-state index in [9.17, 15) is 13.2 Å². The van der Waals surface area contributed by atoms with Gasteiger partial charge >= 0.3 is 6.61 Å². The molecule has 0 amide bonds. The Balaban J connectivity index is 3.01. The van der Waals surface area contributed by atoms with Gasteiger partial charge in [-0.25, -0.2) is 9.37 Å². The van der Waals surface area contributed by atoms with E-state index in [2.05, 4.69) is 25.7 Å². The standard InChI is InChI=1S/C6H4BrF3N2O/c7-4-2(8)1-3(11)5(12-4)13-6(9)10/h1,6H,11H2. The highest BCUT2D eigenvalue weighted by atomic mass is 79.9. The quantitative estimate of drug-likeness (QED) is 0.826. The van der Waals surface area contributed by atoms with Gasteiger partial charge < -0.3 is 10.5 Å². The number of hydrogen-bond acceptors (Lipinski definition) is 3. The molecule has 1 aromatic rings. The average Bonchev–Trinajstić information content (AvgIpc) is 1.99. The van der Waals surface area contributed by atoms with Gasteiger partial charge in [-0.3, -0.25) is 0 Å². The Kier molecular flexibility index (Phi) is 2.97. The molecule has 0 spiro atoms. The summed E-state index contributed by atoms with van der Waals surface area (Å²) < 4.78 is 39.8. The van der Waals surface area contributed by atoms with Crippen molar-refractivity contribution in [3.63, 3.8) is 0 Å². The van der Waals surface area contributed by atoms with E-state index in [1.54, 1.807) is 0 Å². The Bertz CT molecular complexity index is 321. The third kappa shape index (κ3) is 2.48. The first-order chi connectivity index (χ1) is 6.00. The molecule has 1 aromatic heterocycles. The van der Waals surface area contributed by atoms with Gasteiger partial charge in [0.25, 0.3) is 0 Å². The zero-order valence-electron chi connectivity index (χ0n) is 6.10. The second-order valence-electron chi connectivity index (χ2n) is 2.03. The second-order valence-corrected chi connectivity index (χ2v) is 2.79. The number of hydrogen-bond donors (Lipinski definition) is 1. The van der Waals surface area contributed by atoms with Gasteiger partial charge in [0.15, 0.2) is 5.82 Å². The van der Waals surface area contributed by atoms with Crippen molar-refractivity contribution in [2.45, 2.75) is 6.61 Å². The number of nitrogens with two attached hydrogens (primary N) is 1. The van der Waals surface area contributed by atoms with E-state index in [0.717, 1.165) is 6.07 Å². The number of halogens is 4. The molecule has 0 radical (unpaired) electrons. The Morgan fingerprint density at radius 2 is 2.15 bits per heavy atom. The lowest BCUT2D eigenvalue weighted by molar-refractivity contribution is -0.0524. The van der Waals surface area contributed by atoms with Gasteiger partial charge in [-0.2, -0.15) is 8.78 Å². The predicted octanol–water partition coefficient (Wildman–Crippen LogP) is 2.17. The van der Waals surface area contributed by atoms with Crippen molar-refractivity contribution in [2.75, 3.05) is 5.73 Å². The number of ether oxygens (including phenoxy) is 1. The molecule has 7 heteroatoms. The Morgan fingerprint density at radius 1 is 1.54 bits per heavy atom. The highest BCUT2D eigenvalue weighted by Gasteiger charge is 2.12. The maximum absolute atomic E-state index is 12.7. The number of alkyl halides is 2. The molecule has 0 aliphatic heterocycles. The number of rotatable bonds is 2. The summed E-state index contributed by atoms with van der Waals surface area (Å²) >= 11 is 2.70. The van der Waals surface area contributed by atoms with Crippen LogP contribution in [0.1, 0.15) is 0 Å². The summed E-state index contributed by atoms with van der Waals surface area (Å²) in [5.41, 5.74) is 4.88. The van der Waals surface area contributed by atoms with Crippen LogP contribution >= 0.6 is 15.9 Å². The summed E-state index contributed by atoms with van der Waals surface area (Å²) in [7, 11) is 0. The maximum Gasteiger partial charge on any atom is 0.388 e. The number of pyridine rings is 1. The first-order valence-corrected chi connectivity index (χ1v) is 3.86. The van der Waals surface area contributed by atoms with Gasteiger partial charge in [-0.05, 0) is 15.9 Å². The number of aromatic nitrogens is 1. The zero-order valence-corrected chi connectivity index (χ0v) is 7.69. The minimum absolute atomic E-state index is 0.225. The highest BCUT2D eigenvalue weighted by molar-refractivity contribution is 9.10. The molecule has 72 valence electrons. The van der Waals surface area contributed by atoms with E-state index in [-0.39, 0.29) is 10.3 Å². The molecule has 1 heterocycles. The molecule has 3 nitrogen and oxygen atoms in total. The molecule has 13 heavy (non-hydrogen) atoms. The summed E-state index contributed by atoms with van der Waals surface area (Å²) in [5.74, 6) is -1.23. The van der Waals surface area contributed by atoms with Crippen LogP contribution in [0.3, 0.4) is 0 Å². The lowest BCUT2D eigenvalue weighted by atomic mass is 10.4. The third-order valence-corrected chi connectivity index (χ3v) is 1.68. The fourth-order valence-electron chi connectivity index (χ4n) is 0.644. The molecule has 0 fully saturated rings.